The standard InChI is InChI=1S/C25H28ClN3O/c1-4-30-22-13-11-19(20-9-8-15(2)28-25(20)22)24-17(7-5-6-14-27)18-10-12-21(26)16(3)23(18)29-24/h8-13,29H,4-7,14,27H2,1-3H3. The number of hydrogen-bond acceptors (Lipinski definition) is 3. The van der Waals surface area contributed by atoms with Gasteiger partial charge in [0.05, 0.1) is 17.8 Å². The fourth-order valence-corrected chi connectivity index (χ4v) is 4.31. The number of nitrogens with zero attached hydrogens (tertiary/aromatic N) is 1. The lowest BCUT2D eigenvalue weighted by Gasteiger charge is -2.12. The summed E-state index contributed by atoms with van der Waals surface area (Å²) < 4.78 is 5.86. The summed E-state index contributed by atoms with van der Waals surface area (Å²) in [6.07, 6.45) is 3.01. The Hall–Kier alpha value is -2.56. The number of halogens is 1. The van der Waals surface area contributed by atoms with E-state index >= 15 is 0 Å². The molecule has 0 saturated carbocycles. The predicted molar refractivity (Wildman–Crippen MR) is 127 cm³/mol. The van der Waals surface area contributed by atoms with E-state index in [0.717, 1.165) is 69.0 Å². The van der Waals surface area contributed by atoms with E-state index in [9.17, 15) is 0 Å². The van der Waals surface area contributed by atoms with Crippen LogP contribution < -0.4 is 10.5 Å². The number of nitrogens with two attached hydrogens (primary N) is 1. The number of pyridine rings is 1. The molecule has 0 spiro atoms. The molecule has 0 aliphatic carbocycles. The van der Waals surface area contributed by atoms with Gasteiger partial charge in [-0.25, -0.2) is 4.98 Å². The number of fused-ring (bicyclic) bond motifs is 2. The summed E-state index contributed by atoms with van der Waals surface area (Å²) in [5.41, 5.74) is 13.4. The molecule has 5 heteroatoms. The Kier molecular flexibility index (Phi) is 5.98. The Morgan fingerprint density at radius 3 is 2.60 bits per heavy atom. The number of benzene rings is 2. The van der Waals surface area contributed by atoms with Crippen LogP contribution in [0.4, 0.5) is 0 Å². The average Bonchev–Trinajstić information content (AvgIpc) is 3.10. The number of aromatic amines is 1. The van der Waals surface area contributed by atoms with Crippen molar-refractivity contribution in [2.24, 2.45) is 5.73 Å². The molecule has 156 valence electrons. The second kappa shape index (κ2) is 8.66. The van der Waals surface area contributed by atoms with E-state index in [2.05, 4.69) is 36.2 Å². The molecule has 0 saturated heterocycles. The van der Waals surface area contributed by atoms with Crippen molar-refractivity contribution in [3.05, 3.63) is 58.2 Å². The minimum atomic E-state index is 0.610. The highest BCUT2D eigenvalue weighted by molar-refractivity contribution is 6.32. The predicted octanol–water partition coefficient (Wildman–Crippen LogP) is 6.33. The van der Waals surface area contributed by atoms with Crippen LogP contribution in [0.3, 0.4) is 0 Å². The molecule has 30 heavy (non-hydrogen) atoms. The van der Waals surface area contributed by atoms with Gasteiger partial charge < -0.3 is 15.5 Å². The number of hydrogen-bond donors (Lipinski definition) is 2. The molecule has 2 aromatic heterocycles. The maximum Gasteiger partial charge on any atom is 0.145 e. The van der Waals surface area contributed by atoms with Crippen molar-refractivity contribution in [2.75, 3.05) is 13.2 Å². The molecule has 0 atom stereocenters. The van der Waals surface area contributed by atoms with Gasteiger partial charge in [-0.2, -0.15) is 0 Å². The molecule has 0 fully saturated rings. The fourth-order valence-electron chi connectivity index (χ4n) is 4.15. The summed E-state index contributed by atoms with van der Waals surface area (Å²) >= 11 is 6.43. The molecule has 0 radical (unpaired) electrons. The molecule has 4 nitrogen and oxygen atoms in total. The van der Waals surface area contributed by atoms with E-state index in [-0.39, 0.29) is 0 Å². The Labute approximate surface area is 182 Å². The first-order chi connectivity index (χ1) is 14.5. The lowest BCUT2D eigenvalue weighted by atomic mass is 9.97. The zero-order chi connectivity index (χ0) is 21.3. The molecule has 0 aliphatic rings. The van der Waals surface area contributed by atoms with E-state index in [0.29, 0.717) is 13.2 Å². The van der Waals surface area contributed by atoms with Crippen molar-refractivity contribution in [1.82, 2.24) is 9.97 Å². The van der Waals surface area contributed by atoms with E-state index in [1.165, 1.54) is 10.9 Å². The van der Waals surface area contributed by atoms with Crippen LogP contribution in [0, 0.1) is 13.8 Å². The summed E-state index contributed by atoms with van der Waals surface area (Å²) in [7, 11) is 0. The van der Waals surface area contributed by atoms with Crippen LogP contribution in [-0.4, -0.2) is 23.1 Å². The largest absolute Gasteiger partial charge is 0.492 e. The summed E-state index contributed by atoms with van der Waals surface area (Å²) in [6, 6.07) is 12.5. The monoisotopic (exact) mass is 421 g/mol. The summed E-state index contributed by atoms with van der Waals surface area (Å²) in [6.45, 7) is 7.38. The molecular formula is C25H28ClN3O. The molecule has 0 aliphatic heterocycles. The van der Waals surface area contributed by atoms with Crippen LogP contribution in [-0.2, 0) is 6.42 Å². The topological polar surface area (TPSA) is 63.9 Å². The Bertz CT molecular complexity index is 1210. The number of rotatable bonds is 7. The lowest BCUT2D eigenvalue weighted by Crippen LogP contribution is -2.00. The molecule has 3 N–H and O–H groups in total. The molecule has 2 heterocycles. The number of H-pyrrole nitrogens is 1. The number of aryl methyl sites for hydroxylation is 3. The third kappa shape index (κ3) is 3.66. The van der Waals surface area contributed by atoms with E-state index in [4.69, 9.17) is 27.1 Å². The molecule has 4 aromatic rings. The Morgan fingerprint density at radius 2 is 1.83 bits per heavy atom. The van der Waals surface area contributed by atoms with Gasteiger partial charge in [-0.1, -0.05) is 23.7 Å². The number of aromatic nitrogens is 2. The van der Waals surface area contributed by atoms with Crippen molar-refractivity contribution in [2.45, 2.75) is 40.0 Å². The van der Waals surface area contributed by atoms with E-state index < -0.39 is 0 Å². The van der Waals surface area contributed by atoms with Crippen molar-refractivity contribution < 1.29 is 4.74 Å². The maximum absolute atomic E-state index is 6.43. The van der Waals surface area contributed by atoms with Crippen molar-refractivity contribution in [1.29, 1.82) is 0 Å². The molecule has 0 unspecified atom stereocenters. The normalized spacial score (nSPS) is 11.5. The summed E-state index contributed by atoms with van der Waals surface area (Å²) in [5.74, 6) is 0.819. The highest BCUT2D eigenvalue weighted by Crippen LogP contribution is 2.39. The summed E-state index contributed by atoms with van der Waals surface area (Å²) in [4.78, 5) is 8.48. The van der Waals surface area contributed by atoms with Crippen molar-refractivity contribution >= 4 is 33.4 Å². The smallest absolute Gasteiger partial charge is 0.145 e. The Morgan fingerprint density at radius 1 is 1.03 bits per heavy atom. The highest BCUT2D eigenvalue weighted by Gasteiger charge is 2.19. The van der Waals surface area contributed by atoms with Crippen molar-refractivity contribution in [3.63, 3.8) is 0 Å². The molecule has 0 bridgehead atoms. The second-order valence-corrected chi connectivity index (χ2v) is 8.12. The van der Waals surface area contributed by atoms with Gasteiger partial charge in [-0.3, -0.25) is 0 Å². The number of nitrogens with one attached hydrogen (secondary N) is 1. The van der Waals surface area contributed by atoms with Gasteiger partial charge in [0.25, 0.3) is 0 Å². The van der Waals surface area contributed by atoms with Gasteiger partial charge in [0, 0.05) is 27.1 Å². The van der Waals surface area contributed by atoms with Crippen molar-refractivity contribution in [3.8, 4) is 17.0 Å². The molecule has 2 aromatic carbocycles. The molecule has 0 amide bonds. The van der Waals surface area contributed by atoms with Crippen LogP contribution in [0.25, 0.3) is 33.1 Å². The fraction of sp³-hybridized carbons (Fsp3) is 0.320. The van der Waals surface area contributed by atoms with Crippen LogP contribution in [0.5, 0.6) is 5.75 Å². The minimum absolute atomic E-state index is 0.610. The summed E-state index contributed by atoms with van der Waals surface area (Å²) in [5, 5.41) is 3.09. The minimum Gasteiger partial charge on any atom is -0.492 e. The van der Waals surface area contributed by atoms with Crippen LogP contribution in [0.1, 0.15) is 36.6 Å². The van der Waals surface area contributed by atoms with Gasteiger partial charge >= 0.3 is 0 Å². The van der Waals surface area contributed by atoms with Crippen LogP contribution in [0.15, 0.2) is 36.4 Å². The third-order valence-electron chi connectivity index (χ3n) is 5.69. The van der Waals surface area contributed by atoms with Crippen LogP contribution >= 0.6 is 11.6 Å². The first-order valence-electron chi connectivity index (χ1n) is 10.6. The second-order valence-electron chi connectivity index (χ2n) is 7.71. The number of ether oxygens (including phenoxy) is 1. The molecule has 4 rings (SSSR count). The average molecular weight is 422 g/mol. The quantitative estimate of drug-likeness (QED) is 0.342. The Balaban J connectivity index is 1.98. The third-order valence-corrected chi connectivity index (χ3v) is 6.09. The van der Waals surface area contributed by atoms with Crippen LogP contribution in [0.2, 0.25) is 5.02 Å². The maximum atomic E-state index is 6.43. The SMILES string of the molecule is CCOc1ccc(-c2[nH]c3c(C)c(Cl)ccc3c2CCCCN)c2ccc(C)nc12. The number of unbranched alkanes of at least 4 members (excludes halogenated alkanes) is 1. The van der Waals surface area contributed by atoms with E-state index in [1.54, 1.807) is 0 Å². The van der Waals surface area contributed by atoms with Gasteiger partial charge in [0.1, 0.15) is 11.3 Å². The first-order valence-corrected chi connectivity index (χ1v) is 11.0. The lowest BCUT2D eigenvalue weighted by molar-refractivity contribution is 0.343. The highest BCUT2D eigenvalue weighted by atomic mass is 35.5. The first kappa shape index (κ1) is 20.7. The van der Waals surface area contributed by atoms with Gasteiger partial charge in [0.2, 0.25) is 0 Å². The zero-order valence-electron chi connectivity index (χ0n) is 17.8. The zero-order valence-corrected chi connectivity index (χ0v) is 18.6. The van der Waals surface area contributed by atoms with Gasteiger partial charge in [-0.15, -0.1) is 0 Å². The van der Waals surface area contributed by atoms with Gasteiger partial charge in [-0.05, 0) is 82.0 Å². The molecular weight excluding hydrogens is 394 g/mol. The van der Waals surface area contributed by atoms with E-state index in [1.807, 2.05) is 26.0 Å². The van der Waals surface area contributed by atoms with Gasteiger partial charge in [0.15, 0.2) is 0 Å².